The fourth-order valence-corrected chi connectivity index (χ4v) is 3.09. The van der Waals surface area contributed by atoms with Gasteiger partial charge in [-0.15, -0.1) is 10.2 Å². The number of hydrogen-bond donors (Lipinski definition) is 2. The van der Waals surface area contributed by atoms with E-state index >= 15 is 0 Å². The topological polar surface area (TPSA) is 84.0 Å². The van der Waals surface area contributed by atoms with E-state index in [0.717, 1.165) is 11.3 Å². The molecule has 0 spiro atoms. The molecular formula is C13H14N4O2S2. The smallest absolute Gasteiger partial charge is 0.234 e. The highest BCUT2D eigenvalue weighted by molar-refractivity contribution is 8.01. The zero-order chi connectivity index (χ0) is 15.2. The first-order chi connectivity index (χ1) is 10.0. The predicted molar refractivity (Wildman–Crippen MR) is 84.7 cm³/mol. The van der Waals surface area contributed by atoms with E-state index in [9.17, 15) is 9.59 Å². The number of amides is 2. The molecule has 1 aromatic heterocycles. The highest BCUT2D eigenvalue weighted by Crippen LogP contribution is 2.25. The SMILES string of the molecule is CC(=O)Nc1nnc(SCC(=O)Nc2ccccc2C)s1. The van der Waals surface area contributed by atoms with E-state index in [1.54, 1.807) is 0 Å². The van der Waals surface area contributed by atoms with Crippen LogP contribution in [0.2, 0.25) is 0 Å². The molecule has 0 aliphatic heterocycles. The fourth-order valence-electron chi connectivity index (χ4n) is 1.50. The van der Waals surface area contributed by atoms with Gasteiger partial charge in [0, 0.05) is 12.6 Å². The van der Waals surface area contributed by atoms with Crippen molar-refractivity contribution in [1.82, 2.24) is 10.2 Å². The quantitative estimate of drug-likeness (QED) is 0.653. The lowest BCUT2D eigenvalue weighted by atomic mass is 10.2. The number of para-hydroxylation sites is 1. The Morgan fingerprint density at radius 1 is 1.24 bits per heavy atom. The lowest BCUT2D eigenvalue weighted by Crippen LogP contribution is -2.14. The van der Waals surface area contributed by atoms with Crippen molar-refractivity contribution in [1.29, 1.82) is 0 Å². The second-order valence-corrected chi connectivity index (χ2v) is 6.41. The van der Waals surface area contributed by atoms with Gasteiger partial charge in [0.1, 0.15) is 0 Å². The fraction of sp³-hybridized carbons (Fsp3) is 0.231. The molecule has 0 aliphatic rings. The van der Waals surface area contributed by atoms with Crippen LogP contribution in [0.5, 0.6) is 0 Å². The number of thioether (sulfide) groups is 1. The highest BCUT2D eigenvalue weighted by atomic mass is 32.2. The van der Waals surface area contributed by atoms with Crippen molar-refractivity contribution in [2.24, 2.45) is 0 Å². The van der Waals surface area contributed by atoms with Crippen molar-refractivity contribution < 1.29 is 9.59 Å². The van der Waals surface area contributed by atoms with Crippen molar-refractivity contribution in [2.75, 3.05) is 16.4 Å². The lowest BCUT2D eigenvalue weighted by Gasteiger charge is -2.06. The van der Waals surface area contributed by atoms with Crippen LogP contribution in [0.4, 0.5) is 10.8 Å². The van der Waals surface area contributed by atoms with Crippen LogP contribution in [-0.2, 0) is 9.59 Å². The monoisotopic (exact) mass is 322 g/mol. The molecule has 21 heavy (non-hydrogen) atoms. The van der Waals surface area contributed by atoms with E-state index in [1.807, 2.05) is 31.2 Å². The van der Waals surface area contributed by atoms with Crippen LogP contribution in [-0.4, -0.2) is 27.8 Å². The number of nitrogens with zero attached hydrogens (tertiary/aromatic N) is 2. The van der Waals surface area contributed by atoms with E-state index in [1.165, 1.54) is 30.0 Å². The number of aromatic nitrogens is 2. The molecule has 0 saturated carbocycles. The van der Waals surface area contributed by atoms with Crippen molar-refractivity contribution in [3.63, 3.8) is 0 Å². The van der Waals surface area contributed by atoms with Crippen LogP contribution in [0.1, 0.15) is 12.5 Å². The minimum atomic E-state index is -0.194. The summed E-state index contributed by atoms with van der Waals surface area (Å²) in [5.74, 6) is -0.0613. The van der Waals surface area contributed by atoms with Crippen LogP contribution in [0.15, 0.2) is 28.6 Å². The molecule has 2 rings (SSSR count). The number of aryl methyl sites for hydroxylation is 1. The number of nitrogens with one attached hydrogen (secondary N) is 2. The summed E-state index contributed by atoms with van der Waals surface area (Å²) in [4.78, 5) is 22.8. The molecule has 1 heterocycles. The van der Waals surface area contributed by atoms with E-state index in [2.05, 4.69) is 20.8 Å². The molecular weight excluding hydrogens is 308 g/mol. The Bertz CT molecular complexity index is 657. The molecule has 1 aromatic carbocycles. The van der Waals surface area contributed by atoms with Crippen LogP contribution in [0.25, 0.3) is 0 Å². The van der Waals surface area contributed by atoms with Gasteiger partial charge < -0.3 is 10.6 Å². The second-order valence-electron chi connectivity index (χ2n) is 4.21. The Morgan fingerprint density at radius 2 is 2.00 bits per heavy atom. The van der Waals surface area contributed by atoms with Gasteiger partial charge in [0.05, 0.1) is 5.75 Å². The summed E-state index contributed by atoms with van der Waals surface area (Å²) in [7, 11) is 0. The molecule has 0 bridgehead atoms. The lowest BCUT2D eigenvalue weighted by molar-refractivity contribution is -0.114. The minimum Gasteiger partial charge on any atom is -0.325 e. The van der Waals surface area contributed by atoms with Gasteiger partial charge >= 0.3 is 0 Å². The largest absolute Gasteiger partial charge is 0.325 e. The van der Waals surface area contributed by atoms with Gasteiger partial charge in [-0.2, -0.15) is 0 Å². The average molecular weight is 322 g/mol. The molecule has 2 amide bonds. The third-order valence-corrected chi connectivity index (χ3v) is 4.41. The van der Waals surface area contributed by atoms with Crippen LogP contribution >= 0.6 is 23.1 Å². The number of rotatable bonds is 5. The van der Waals surface area contributed by atoms with E-state index in [0.29, 0.717) is 9.47 Å². The standard InChI is InChI=1S/C13H14N4O2S2/c1-8-5-3-4-6-10(8)15-11(19)7-20-13-17-16-12(21-13)14-9(2)18/h3-6H,7H2,1-2H3,(H,15,19)(H,14,16,18). The van der Waals surface area contributed by atoms with Gasteiger partial charge in [0.25, 0.3) is 0 Å². The van der Waals surface area contributed by atoms with Crippen molar-refractivity contribution in [2.45, 2.75) is 18.2 Å². The molecule has 0 unspecified atom stereocenters. The van der Waals surface area contributed by atoms with Gasteiger partial charge in [-0.3, -0.25) is 9.59 Å². The Balaban J connectivity index is 1.85. The van der Waals surface area contributed by atoms with E-state index in [-0.39, 0.29) is 17.6 Å². The molecule has 110 valence electrons. The molecule has 0 radical (unpaired) electrons. The zero-order valence-corrected chi connectivity index (χ0v) is 13.2. The first-order valence-electron chi connectivity index (χ1n) is 6.14. The van der Waals surface area contributed by atoms with Gasteiger partial charge in [-0.1, -0.05) is 41.3 Å². The molecule has 0 fully saturated rings. The maximum absolute atomic E-state index is 11.9. The summed E-state index contributed by atoms with van der Waals surface area (Å²) in [6.45, 7) is 3.34. The zero-order valence-electron chi connectivity index (χ0n) is 11.5. The number of carbonyl (C=O) groups excluding carboxylic acids is 2. The summed E-state index contributed by atoms with van der Waals surface area (Å²) >= 11 is 2.52. The number of carbonyl (C=O) groups is 2. The van der Waals surface area contributed by atoms with Gasteiger partial charge in [-0.25, -0.2) is 0 Å². The van der Waals surface area contributed by atoms with Crippen molar-refractivity contribution >= 4 is 45.7 Å². The summed E-state index contributed by atoms with van der Waals surface area (Å²) in [6, 6.07) is 7.59. The summed E-state index contributed by atoms with van der Waals surface area (Å²) in [5, 5.41) is 13.6. The normalized spacial score (nSPS) is 10.2. The van der Waals surface area contributed by atoms with Crippen LogP contribution < -0.4 is 10.6 Å². The molecule has 0 aliphatic carbocycles. The van der Waals surface area contributed by atoms with Crippen LogP contribution in [0.3, 0.4) is 0 Å². The highest BCUT2D eigenvalue weighted by Gasteiger charge is 2.09. The second kappa shape index (κ2) is 7.19. The number of anilines is 2. The molecule has 8 heteroatoms. The number of benzene rings is 1. The summed E-state index contributed by atoms with van der Waals surface area (Å²) in [6.07, 6.45) is 0. The van der Waals surface area contributed by atoms with Crippen molar-refractivity contribution in [3.8, 4) is 0 Å². The molecule has 2 aromatic rings. The summed E-state index contributed by atoms with van der Waals surface area (Å²) < 4.78 is 0.638. The Labute approximate surface area is 130 Å². The van der Waals surface area contributed by atoms with Gasteiger partial charge in [-0.05, 0) is 18.6 Å². The van der Waals surface area contributed by atoms with Gasteiger partial charge in [0.2, 0.25) is 16.9 Å². The van der Waals surface area contributed by atoms with Crippen LogP contribution in [0, 0.1) is 6.92 Å². The maximum atomic E-state index is 11.9. The average Bonchev–Trinajstić information content (AvgIpc) is 2.86. The Morgan fingerprint density at radius 3 is 2.71 bits per heavy atom. The first kappa shape index (κ1) is 15.5. The van der Waals surface area contributed by atoms with E-state index < -0.39 is 0 Å². The predicted octanol–water partition coefficient (Wildman–Crippen LogP) is 2.54. The van der Waals surface area contributed by atoms with Gasteiger partial charge in [0.15, 0.2) is 4.34 Å². The molecule has 0 atom stereocenters. The first-order valence-corrected chi connectivity index (χ1v) is 7.94. The number of hydrogen-bond acceptors (Lipinski definition) is 6. The molecule has 0 saturated heterocycles. The van der Waals surface area contributed by atoms with E-state index in [4.69, 9.17) is 0 Å². The Kier molecular flexibility index (Phi) is 5.29. The third kappa shape index (κ3) is 4.83. The van der Waals surface area contributed by atoms with Crippen molar-refractivity contribution in [3.05, 3.63) is 29.8 Å². The third-order valence-electron chi connectivity index (χ3n) is 2.44. The maximum Gasteiger partial charge on any atom is 0.234 e. The Hall–Kier alpha value is -1.93. The molecule has 6 nitrogen and oxygen atoms in total. The minimum absolute atomic E-state index is 0.106. The molecule has 2 N–H and O–H groups in total. The summed E-state index contributed by atoms with van der Waals surface area (Å²) in [5.41, 5.74) is 1.82.